The van der Waals surface area contributed by atoms with Crippen molar-refractivity contribution in [3.8, 4) is 5.75 Å². The van der Waals surface area contributed by atoms with Gasteiger partial charge in [0, 0.05) is 5.56 Å². The van der Waals surface area contributed by atoms with E-state index in [1.165, 1.54) is 19.3 Å². The molecule has 31 heavy (non-hydrogen) atoms. The molecule has 6 heteroatoms. The van der Waals surface area contributed by atoms with Crippen molar-refractivity contribution in [2.75, 3.05) is 12.2 Å². The molecule has 0 aromatic heterocycles. The van der Waals surface area contributed by atoms with E-state index in [1.807, 2.05) is 18.2 Å². The Balaban J connectivity index is 1.49. The van der Waals surface area contributed by atoms with Gasteiger partial charge in [0.05, 0.1) is 18.4 Å². The lowest BCUT2D eigenvalue weighted by atomic mass is 9.48. The predicted octanol–water partition coefficient (Wildman–Crippen LogP) is 4.82. The number of amides is 2. The number of methoxy groups -OCH3 is 1. The lowest BCUT2D eigenvalue weighted by Crippen LogP contribution is -2.48. The summed E-state index contributed by atoms with van der Waals surface area (Å²) in [6, 6.07) is 13.2. The number of carbonyl (C=O) groups is 2. The first kappa shape index (κ1) is 19.9. The summed E-state index contributed by atoms with van der Waals surface area (Å²) in [7, 11) is 1.68. The maximum atomic E-state index is 12.6. The molecule has 6 rings (SSSR count). The first-order valence-electron chi connectivity index (χ1n) is 11.0. The van der Waals surface area contributed by atoms with Crippen molar-refractivity contribution < 1.29 is 19.2 Å². The van der Waals surface area contributed by atoms with Gasteiger partial charge in [0.15, 0.2) is 0 Å². The number of benzene rings is 2. The number of carbonyl (C=O) groups excluding carboxylic acids is 2. The predicted molar refractivity (Wildman–Crippen MR) is 117 cm³/mol. The summed E-state index contributed by atoms with van der Waals surface area (Å²) in [5.74, 6) is 2.49. The molecule has 0 aliphatic heterocycles. The molecule has 0 heterocycles. The van der Waals surface area contributed by atoms with E-state index in [-0.39, 0.29) is 5.41 Å². The molecule has 4 aliphatic rings. The second-order valence-corrected chi connectivity index (χ2v) is 9.46. The van der Waals surface area contributed by atoms with Gasteiger partial charge < -0.3 is 15.3 Å². The van der Waals surface area contributed by atoms with Crippen LogP contribution in [0.4, 0.5) is 10.5 Å². The Hall–Kier alpha value is -3.02. The molecular formula is C25H28N2O4. The third kappa shape index (κ3) is 3.54. The van der Waals surface area contributed by atoms with Crippen LogP contribution in [0, 0.1) is 17.8 Å². The van der Waals surface area contributed by atoms with Crippen LogP contribution in [0.2, 0.25) is 0 Å². The maximum Gasteiger partial charge on any atom is 0.363 e. The summed E-state index contributed by atoms with van der Waals surface area (Å²) < 4.78 is 5.74. The van der Waals surface area contributed by atoms with Crippen molar-refractivity contribution >= 4 is 17.7 Å². The number of ether oxygens (including phenoxy) is 1. The zero-order valence-corrected chi connectivity index (χ0v) is 17.8. The monoisotopic (exact) mass is 420 g/mol. The van der Waals surface area contributed by atoms with Crippen LogP contribution in [0.5, 0.6) is 5.75 Å². The Bertz CT molecular complexity index is 969. The SMILES string of the molecule is COc1ccc(N(OC(=O)c2ccccc2)C(N)=O)cc1C12CC3CC(CC(C3)C1)C2. The normalized spacial score (nSPS) is 28.2. The molecule has 2 aromatic rings. The molecule has 4 fully saturated rings. The number of anilines is 1. The molecule has 2 aromatic carbocycles. The van der Waals surface area contributed by atoms with E-state index in [1.54, 1.807) is 37.4 Å². The van der Waals surface area contributed by atoms with Crippen LogP contribution < -0.4 is 15.5 Å². The van der Waals surface area contributed by atoms with E-state index in [4.69, 9.17) is 15.3 Å². The topological polar surface area (TPSA) is 81.9 Å². The standard InChI is InChI=1S/C25H28N2O4/c1-30-22-8-7-20(27(24(26)29)31-23(28)19-5-3-2-4-6-19)12-21(22)25-13-16-9-17(14-25)11-18(10-16)15-25/h2-8,12,16-18H,9-11,13-15H2,1H3,(H2,26,29). The Labute approximate surface area is 182 Å². The van der Waals surface area contributed by atoms with Gasteiger partial charge >= 0.3 is 12.0 Å². The minimum absolute atomic E-state index is 0.0584. The molecule has 0 atom stereocenters. The third-order valence-corrected chi connectivity index (χ3v) is 7.41. The fourth-order valence-electron chi connectivity index (χ4n) is 6.61. The van der Waals surface area contributed by atoms with Gasteiger partial charge in [-0.25, -0.2) is 9.59 Å². The first-order chi connectivity index (χ1) is 15.0. The van der Waals surface area contributed by atoms with Crippen LogP contribution in [0.1, 0.15) is 54.4 Å². The van der Waals surface area contributed by atoms with E-state index in [0.717, 1.165) is 53.4 Å². The zero-order valence-electron chi connectivity index (χ0n) is 17.8. The number of hydrogen-bond acceptors (Lipinski definition) is 4. The minimum Gasteiger partial charge on any atom is -0.496 e. The van der Waals surface area contributed by atoms with Crippen LogP contribution in [-0.4, -0.2) is 19.1 Å². The molecule has 2 N–H and O–H groups in total. The van der Waals surface area contributed by atoms with Crippen LogP contribution in [-0.2, 0) is 10.3 Å². The third-order valence-electron chi connectivity index (χ3n) is 7.41. The van der Waals surface area contributed by atoms with E-state index in [9.17, 15) is 9.59 Å². The zero-order chi connectivity index (χ0) is 21.6. The van der Waals surface area contributed by atoms with Gasteiger partial charge in [-0.05, 0) is 92.0 Å². The molecule has 2 amide bonds. The highest BCUT2D eigenvalue weighted by Gasteiger charge is 2.52. The molecular weight excluding hydrogens is 392 g/mol. The van der Waals surface area contributed by atoms with Gasteiger partial charge in [0.1, 0.15) is 5.75 Å². The molecule has 162 valence electrons. The Morgan fingerprint density at radius 1 is 0.968 bits per heavy atom. The van der Waals surface area contributed by atoms with Crippen LogP contribution in [0.25, 0.3) is 0 Å². The molecule has 0 saturated heterocycles. The minimum atomic E-state index is -0.842. The van der Waals surface area contributed by atoms with E-state index >= 15 is 0 Å². The summed E-state index contributed by atoms with van der Waals surface area (Å²) in [6.45, 7) is 0. The number of hydrogen-bond donors (Lipinski definition) is 1. The van der Waals surface area contributed by atoms with E-state index < -0.39 is 12.0 Å². The van der Waals surface area contributed by atoms with Crippen molar-refractivity contribution in [1.82, 2.24) is 0 Å². The molecule has 6 nitrogen and oxygen atoms in total. The maximum absolute atomic E-state index is 12.6. The van der Waals surface area contributed by atoms with Crippen molar-refractivity contribution in [2.45, 2.75) is 43.9 Å². The lowest BCUT2D eigenvalue weighted by molar-refractivity contribution is -0.00616. The summed E-state index contributed by atoms with van der Waals surface area (Å²) in [5.41, 5.74) is 7.56. The molecule has 4 saturated carbocycles. The highest BCUT2D eigenvalue weighted by atomic mass is 16.7. The van der Waals surface area contributed by atoms with Crippen LogP contribution in [0.15, 0.2) is 48.5 Å². The highest BCUT2D eigenvalue weighted by Crippen LogP contribution is 2.62. The summed E-state index contributed by atoms with van der Waals surface area (Å²) in [4.78, 5) is 30.2. The molecule has 0 unspecified atom stereocenters. The lowest BCUT2D eigenvalue weighted by Gasteiger charge is -2.57. The quantitative estimate of drug-likeness (QED) is 0.719. The van der Waals surface area contributed by atoms with Gasteiger partial charge in [-0.1, -0.05) is 18.2 Å². The average molecular weight is 421 g/mol. The van der Waals surface area contributed by atoms with Crippen LogP contribution in [0.3, 0.4) is 0 Å². The van der Waals surface area contributed by atoms with E-state index in [0.29, 0.717) is 11.3 Å². The Morgan fingerprint density at radius 3 is 2.13 bits per heavy atom. The number of nitrogens with zero attached hydrogens (tertiary/aromatic N) is 1. The van der Waals surface area contributed by atoms with Gasteiger partial charge in [-0.15, -0.1) is 5.06 Å². The van der Waals surface area contributed by atoms with Crippen molar-refractivity contribution in [3.63, 3.8) is 0 Å². The second kappa shape index (κ2) is 7.59. The van der Waals surface area contributed by atoms with Gasteiger partial charge in [0.2, 0.25) is 0 Å². The smallest absolute Gasteiger partial charge is 0.363 e. The summed E-state index contributed by atoms with van der Waals surface area (Å²) in [5, 5.41) is 0.888. The van der Waals surface area contributed by atoms with Gasteiger partial charge in [-0.2, -0.15) is 0 Å². The Morgan fingerprint density at radius 2 is 1.58 bits per heavy atom. The number of urea groups is 1. The van der Waals surface area contributed by atoms with Crippen molar-refractivity contribution in [2.24, 2.45) is 23.5 Å². The molecule has 4 aliphatic carbocycles. The second-order valence-electron chi connectivity index (χ2n) is 9.46. The number of nitrogens with two attached hydrogens (primary N) is 1. The largest absolute Gasteiger partial charge is 0.496 e. The fraction of sp³-hybridized carbons (Fsp3) is 0.440. The number of hydroxylamine groups is 1. The number of primary amides is 1. The van der Waals surface area contributed by atoms with E-state index in [2.05, 4.69) is 0 Å². The highest BCUT2D eigenvalue weighted by molar-refractivity contribution is 5.95. The molecule has 0 radical (unpaired) electrons. The van der Waals surface area contributed by atoms with Gasteiger partial charge in [-0.3, -0.25) is 0 Å². The molecule has 0 spiro atoms. The van der Waals surface area contributed by atoms with Crippen LogP contribution >= 0.6 is 0 Å². The fourth-order valence-corrected chi connectivity index (χ4v) is 6.61. The Kier molecular flexibility index (Phi) is 4.88. The summed E-state index contributed by atoms with van der Waals surface area (Å²) >= 11 is 0. The number of rotatable bonds is 4. The van der Waals surface area contributed by atoms with Gasteiger partial charge in [0.25, 0.3) is 0 Å². The first-order valence-corrected chi connectivity index (χ1v) is 11.0. The average Bonchev–Trinajstić information content (AvgIpc) is 2.76. The van der Waals surface area contributed by atoms with Crippen molar-refractivity contribution in [3.05, 3.63) is 59.7 Å². The summed E-state index contributed by atoms with van der Waals surface area (Å²) in [6.07, 6.45) is 7.47. The molecule has 4 bridgehead atoms. The van der Waals surface area contributed by atoms with Crippen molar-refractivity contribution in [1.29, 1.82) is 0 Å².